The summed E-state index contributed by atoms with van der Waals surface area (Å²) in [6.07, 6.45) is 6.54. The SMILES string of the molecule is C#CCNC1CCc2c(F)cc(F)cc21. The van der Waals surface area contributed by atoms with Crippen LogP contribution >= 0.6 is 0 Å². The van der Waals surface area contributed by atoms with Crippen LogP contribution in [-0.4, -0.2) is 6.54 Å². The van der Waals surface area contributed by atoms with E-state index in [1.165, 1.54) is 6.07 Å². The van der Waals surface area contributed by atoms with Gasteiger partial charge in [-0.05, 0) is 30.0 Å². The fourth-order valence-corrected chi connectivity index (χ4v) is 2.04. The van der Waals surface area contributed by atoms with Gasteiger partial charge in [-0.25, -0.2) is 8.78 Å². The summed E-state index contributed by atoms with van der Waals surface area (Å²) in [7, 11) is 0. The zero-order valence-corrected chi connectivity index (χ0v) is 8.19. The van der Waals surface area contributed by atoms with Crippen LogP contribution in [0, 0.1) is 24.0 Å². The van der Waals surface area contributed by atoms with Gasteiger partial charge < -0.3 is 0 Å². The Labute approximate surface area is 87.5 Å². The van der Waals surface area contributed by atoms with Gasteiger partial charge in [0.25, 0.3) is 0 Å². The number of benzene rings is 1. The molecule has 1 aromatic rings. The van der Waals surface area contributed by atoms with Gasteiger partial charge in [-0.15, -0.1) is 6.42 Å². The van der Waals surface area contributed by atoms with Crippen molar-refractivity contribution in [1.82, 2.24) is 5.32 Å². The van der Waals surface area contributed by atoms with E-state index in [-0.39, 0.29) is 6.04 Å². The van der Waals surface area contributed by atoms with Crippen molar-refractivity contribution in [3.05, 3.63) is 34.9 Å². The Hall–Kier alpha value is -1.40. The van der Waals surface area contributed by atoms with E-state index >= 15 is 0 Å². The second kappa shape index (κ2) is 4.00. The monoisotopic (exact) mass is 207 g/mol. The second-order valence-electron chi connectivity index (χ2n) is 3.63. The Morgan fingerprint density at radius 3 is 3.00 bits per heavy atom. The number of rotatable bonds is 2. The standard InChI is InChI=1S/C12H11F2N/c1-2-5-15-12-4-3-9-10(12)6-8(13)7-11(9)14/h1,6-7,12,15H,3-5H2. The van der Waals surface area contributed by atoms with Crippen molar-refractivity contribution in [2.24, 2.45) is 0 Å². The minimum Gasteiger partial charge on any atom is -0.299 e. The highest BCUT2D eigenvalue weighted by molar-refractivity contribution is 5.36. The number of terminal acetylenes is 1. The summed E-state index contributed by atoms with van der Waals surface area (Å²) in [6.45, 7) is 0.419. The van der Waals surface area contributed by atoms with Gasteiger partial charge in [0.1, 0.15) is 11.6 Å². The Kier molecular flexibility index (Phi) is 2.70. The molecule has 3 heteroatoms. The van der Waals surface area contributed by atoms with E-state index in [0.29, 0.717) is 24.1 Å². The van der Waals surface area contributed by atoms with Crippen LogP contribution < -0.4 is 5.32 Å². The van der Waals surface area contributed by atoms with E-state index in [9.17, 15) is 8.78 Å². The summed E-state index contributed by atoms with van der Waals surface area (Å²) in [5, 5.41) is 3.07. The second-order valence-corrected chi connectivity index (χ2v) is 3.63. The summed E-state index contributed by atoms with van der Waals surface area (Å²) in [4.78, 5) is 0. The maximum Gasteiger partial charge on any atom is 0.129 e. The van der Waals surface area contributed by atoms with Crippen LogP contribution in [0.2, 0.25) is 0 Å². The average Bonchev–Trinajstić information content (AvgIpc) is 2.58. The van der Waals surface area contributed by atoms with Crippen molar-refractivity contribution in [2.75, 3.05) is 6.54 Å². The Balaban J connectivity index is 2.30. The molecule has 1 aliphatic rings. The van der Waals surface area contributed by atoms with Crippen LogP contribution in [0.3, 0.4) is 0 Å². The van der Waals surface area contributed by atoms with Crippen LogP contribution in [-0.2, 0) is 6.42 Å². The van der Waals surface area contributed by atoms with Gasteiger partial charge in [0, 0.05) is 12.1 Å². The van der Waals surface area contributed by atoms with Crippen molar-refractivity contribution < 1.29 is 8.78 Å². The van der Waals surface area contributed by atoms with Crippen LogP contribution in [0.4, 0.5) is 8.78 Å². The summed E-state index contributed by atoms with van der Waals surface area (Å²) in [6, 6.07) is 2.31. The lowest BCUT2D eigenvalue weighted by atomic mass is 10.1. The minimum atomic E-state index is -0.527. The van der Waals surface area contributed by atoms with Crippen LogP contribution in [0.15, 0.2) is 12.1 Å². The lowest BCUT2D eigenvalue weighted by Crippen LogP contribution is -2.19. The van der Waals surface area contributed by atoms with Crippen LogP contribution in [0.1, 0.15) is 23.6 Å². The van der Waals surface area contributed by atoms with Crippen LogP contribution in [0.5, 0.6) is 0 Å². The lowest BCUT2D eigenvalue weighted by molar-refractivity contribution is 0.559. The molecule has 15 heavy (non-hydrogen) atoms. The summed E-state index contributed by atoms with van der Waals surface area (Å²) < 4.78 is 26.3. The highest BCUT2D eigenvalue weighted by atomic mass is 19.1. The third kappa shape index (κ3) is 1.86. The van der Waals surface area contributed by atoms with Gasteiger partial charge in [-0.2, -0.15) is 0 Å². The largest absolute Gasteiger partial charge is 0.299 e. The lowest BCUT2D eigenvalue weighted by Gasteiger charge is -2.11. The zero-order valence-electron chi connectivity index (χ0n) is 8.19. The van der Waals surface area contributed by atoms with E-state index in [4.69, 9.17) is 6.42 Å². The molecule has 1 aromatic carbocycles. The fraction of sp³-hybridized carbons (Fsp3) is 0.333. The topological polar surface area (TPSA) is 12.0 Å². The van der Waals surface area contributed by atoms with E-state index < -0.39 is 11.6 Å². The van der Waals surface area contributed by atoms with Gasteiger partial charge in [0.05, 0.1) is 6.54 Å². The maximum absolute atomic E-state index is 13.3. The first-order chi connectivity index (χ1) is 7.22. The van der Waals surface area contributed by atoms with E-state index in [1.54, 1.807) is 0 Å². The predicted octanol–water partition coefficient (Wildman–Crippen LogP) is 2.17. The molecule has 1 aliphatic carbocycles. The molecular formula is C12H11F2N. The van der Waals surface area contributed by atoms with Crippen molar-refractivity contribution >= 4 is 0 Å². The number of fused-ring (bicyclic) bond motifs is 1. The van der Waals surface area contributed by atoms with E-state index in [0.717, 1.165) is 12.5 Å². The highest BCUT2D eigenvalue weighted by Gasteiger charge is 2.25. The highest BCUT2D eigenvalue weighted by Crippen LogP contribution is 2.33. The normalized spacial score (nSPS) is 18.6. The molecule has 0 spiro atoms. The van der Waals surface area contributed by atoms with Gasteiger partial charge in [-0.3, -0.25) is 5.32 Å². The molecule has 0 saturated carbocycles. The number of hydrogen-bond acceptors (Lipinski definition) is 1. The van der Waals surface area contributed by atoms with Crippen molar-refractivity contribution in [3.8, 4) is 12.3 Å². The molecule has 1 nitrogen and oxygen atoms in total. The predicted molar refractivity (Wildman–Crippen MR) is 54.3 cm³/mol. The molecular weight excluding hydrogens is 196 g/mol. The van der Waals surface area contributed by atoms with Gasteiger partial charge >= 0.3 is 0 Å². The third-order valence-electron chi connectivity index (χ3n) is 2.70. The van der Waals surface area contributed by atoms with Gasteiger partial charge in [-0.1, -0.05) is 5.92 Å². The average molecular weight is 207 g/mol. The van der Waals surface area contributed by atoms with Crippen molar-refractivity contribution in [1.29, 1.82) is 0 Å². The van der Waals surface area contributed by atoms with Crippen LogP contribution in [0.25, 0.3) is 0 Å². The molecule has 0 fully saturated rings. The Morgan fingerprint density at radius 2 is 2.27 bits per heavy atom. The quantitative estimate of drug-likeness (QED) is 0.733. The summed E-state index contributed by atoms with van der Waals surface area (Å²) >= 11 is 0. The van der Waals surface area contributed by atoms with Crippen molar-refractivity contribution in [3.63, 3.8) is 0 Å². The van der Waals surface area contributed by atoms with E-state index in [1.807, 2.05) is 0 Å². The minimum absolute atomic E-state index is 0.0127. The third-order valence-corrected chi connectivity index (χ3v) is 2.70. The molecule has 0 bridgehead atoms. The first-order valence-corrected chi connectivity index (χ1v) is 4.87. The number of nitrogens with one attached hydrogen (secondary N) is 1. The molecule has 0 aromatic heterocycles. The molecule has 2 rings (SSSR count). The molecule has 1 unspecified atom stereocenters. The molecule has 78 valence electrons. The van der Waals surface area contributed by atoms with Gasteiger partial charge in [0.15, 0.2) is 0 Å². The first kappa shape index (κ1) is 10.1. The Bertz CT molecular complexity index is 420. The summed E-state index contributed by atoms with van der Waals surface area (Å²) in [5.74, 6) is 1.48. The molecule has 0 aliphatic heterocycles. The van der Waals surface area contributed by atoms with E-state index in [2.05, 4.69) is 11.2 Å². The van der Waals surface area contributed by atoms with Crippen molar-refractivity contribution in [2.45, 2.75) is 18.9 Å². The first-order valence-electron chi connectivity index (χ1n) is 4.87. The molecule has 1 N–H and O–H groups in total. The smallest absolute Gasteiger partial charge is 0.129 e. The number of halogens is 2. The zero-order chi connectivity index (χ0) is 10.8. The summed E-state index contributed by atoms with van der Waals surface area (Å²) in [5.41, 5.74) is 1.33. The molecule has 0 heterocycles. The molecule has 0 amide bonds. The Morgan fingerprint density at radius 1 is 1.47 bits per heavy atom. The molecule has 0 radical (unpaired) electrons. The fourth-order valence-electron chi connectivity index (χ4n) is 2.04. The van der Waals surface area contributed by atoms with Gasteiger partial charge in [0.2, 0.25) is 0 Å². The number of hydrogen-bond donors (Lipinski definition) is 1. The molecule has 1 atom stereocenters. The molecule has 0 saturated heterocycles. The maximum atomic E-state index is 13.3.